The fourth-order valence-corrected chi connectivity index (χ4v) is 2.78. The predicted octanol–water partition coefficient (Wildman–Crippen LogP) is 4.57. The molecule has 0 spiro atoms. The van der Waals surface area contributed by atoms with Gasteiger partial charge in [0.25, 0.3) is 5.91 Å². The lowest BCUT2D eigenvalue weighted by Crippen LogP contribution is -2.22. The molecule has 0 radical (unpaired) electrons. The number of amides is 1. The maximum Gasteiger partial charge on any atom is 0.310 e. The topological polar surface area (TPSA) is 68.5 Å². The number of anilines is 1. The number of carbonyl (C=O) groups is 2. The SMILES string of the molecule is Cc1cc2occ(CC(=O)OCC(=O)Nc3cc(Cl)ccc3F)c2cc1C. The van der Waals surface area contributed by atoms with Crippen molar-refractivity contribution in [2.75, 3.05) is 11.9 Å². The summed E-state index contributed by atoms with van der Waals surface area (Å²) in [7, 11) is 0. The first kappa shape index (κ1) is 18.9. The number of fused-ring (bicyclic) bond motifs is 1. The van der Waals surface area contributed by atoms with Crippen LogP contribution in [0.3, 0.4) is 0 Å². The monoisotopic (exact) mass is 389 g/mol. The molecule has 0 saturated carbocycles. The molecule has 140 valence electrons. The summed E-state index contributed by atoms with van der Waals surface area (Å²) in [5.41, 5.74) is 3.47. The van der Waals surface area contributed by atoms with Crippen LogP contribution < -0.4 is 5.32 Å². The molecule has 0 bridgehead atoms. The molecule has 0 aliphatic heterocycles. The number of nitrogens with one attached hydrogen (secondary N) is 1. The minimum Gasteiger partial charge on any atom is -0.464 e. The van der Waals surface area contributed by atoms with Crippen molar-refractivity contribution in [1.82, 2.24) is 0 Å². The van der Waals surface area contributed by atoms with Gasteiger partial charge in [0.15, 0.2) is 6.61 Å². The first-order valence-corrected chi connectivity index (χ1v) is 8.59. The molecule has 0 unspecified atom stereocenters. The van der Waals surface area contributed by atoms with Gasteiger partial charge in [-0.2, -0.15) is 0 Å². The van der Waals surface area contributed by atoms with Crippen LogP contribution in [0.1, 0.15) is 16.7 Å². The Morgan fingerprint density at radius 2 is 1.93 bits per heavy atom. The van der Waals surface area contributed by atoms with E-state index in [-0.39, 0.29) is 17.1 Å². The van der Waals surface area contributed by atoms with Gasteiger partial charge in [-0.15, -0.1) is 0 Å². The molecule has 1 heterocycles. The fraction of sp³-hybridized carbons (Fsp3) is 0.200. The summed E-state index contributed by atoms with van der Waals surface area (Å²) in [6, 6.07) is 7.64. The molecule has 7 heteroatoms. The van der Waals surface area contributed by atoms with Gasteiger partial charge >= 0.3 is 5.97 Å². The Morgan fingerprint density at radius 3 is 2.70 bits per heavy atom. The van der Waals surface area contributed by atoms with Crippen LogP contribution in [0.2, 0.25) is 5.02 Å². The summed E-state index contributed by atoms with van der Waals surface area (Å²) in [5.74, 6) is -1.87. The number of hydrogen-bond donors (Lipinski definition) is 1. The van der Waals surface area contributed by atoms with Gasteiger partial charge in [0, 0.05) is 16.0 Å². The third kappa shape index (κ3) is 4.46. The van der Waals surface area contributed by atoms with Gasteiger partial charge in [-0.1, -0.05) is 11.6 Å². The summed E-state index contributed by atoms with van der Waals surface area (Å²) < 4.78 is 24.0. The Morgan fingerprint density at radius 1 is 1.19 bits per heavy atom. The second kappa shape index (κ2) is 7.80. The van der Waals surface area contributed by atoms with Crippen LogP contribution in [0.15, 0.2) is 41.0 Å². The molecule has 5 nitrogen and oxygen atoms in total. The maximum atomic E-state index is 13.6. The molecule has 0 atom stereocenters. The van der Waals surface area contributed by atoms with Crippen molar-refractivity contribution in [2.45, 2.75) is 20.3 Å². The molecule has 3 aromatic rings. The van der Waals surface area contributed by atoms with Gasteiger partial charge in [-0.05, 0) is 55.3 Å². The largest absolute Gasteiger partial charge is 0.464 e. The highest BCUT2D eigenvalue weighted by Crippen LogP contribution is 2.25. The smallest absolute Gasteiger partial charge is 0.310 e. The molecule has 1 aromatic heterocycles. The van der Waals surface area contributed by atoms with Crippen LogP contribution in [0.4, 0.5) is 10.1 Å². The van der Waals surface area contributed by atoms with Crippen LogP contribution >= 0.6 is 11.6 Å². The maximum absolute atomic E-state index is 13.6. The van der Waals surface area contributed by atoms with Crippen molar-refractivity contribution >= 4 is 40.1 Å². The molecule has 3 rings (SSSR count). The zero-order valence-corrected chi connectivity index (χ0v) is 15.5. The number of halogens is 2. The molecule has 1 amide bonds. The van der Waals surface area contributed by atoms with Gasteiger partial charge < -0.3 is 14.5 Å². The number of carbonyl (C=O) groups excluding carboxylic acids is 2. The summed E-state index contributed by atoms with van der Waals surface area (Å²) in [6.07, 6.45) is 1.47. The quantitative estimate of drug-likeness (QED) is 0.649. The number of esters is 1. The van der Waals surface area contributed by atoms with Crippen molar-refractivity contribution in [3.63, 3.8) is 0 Å². The number of benzene rings is 2. The average molecular weight is 390 g/mol. The van der Waals surface area contributed by atoms with Crippen LogP contribution in [-0.4, -0.2) is 18.5 Å². The first-order chi connectivity index (χ1) is 12.8. The zero-order chi connectivity index (χ0) is 19.6. The second-order valence-corrected chi connectivity index (χ2v) is 6.64. The Kier molecular flexibility index (Phi) is 5.46. The lowest BCUT2D eigenvalue weighted by atomic mass is 10.0. The molecule has 0 saturated heterocycles. The molecule has 1 N–H and O–H groups in total. The Labute approximate surface area is 160 Å². The molecular weight excluding hydrogens is 373 g/mol. The second-order valence-electron chi connectivity index (χ2n) is 6.20. The molecular formula is C20H17ClFNO4. The highest BCUT2D eigenvalue weighted by molar-refractivity contribution is 6.30. The van der Waals surface area contributed by atoms with Crippen LogP contribution in [0, 0.1) is 19.7 Å². The standard InChI is InChI=1S/C20H17ClFNO4/c1-11-5-15-13(9-26-18(15)6-12(11)2)7-20(25)27-10-19(24)23-17-8-14(21)3-4-16(17)22/h3-6,8-9H,7,10H2,1-2H3,(H,23,24). The molecule has 0 fully saturated rings. The zero-order valence-electron chi connectivity index (χ0n) is 14.8. The van der Waals surface area contributed by atoms with Crippen molar-refractivity contribution in [3.8, 4) is 0 Å². The Bertz CT molecular complexity index is 1030. The van der Waals surface area contributed by atoms with Crippen molar-refractivity contribution in [2.24, 2.45) is 0 Å². The van der Waals surface area contributed by atoms with Gasteiger partial charge in [0.05, 0.1) is 18.4 Å². The van der Waals surface area contributed by atoms with Gasteiger partial charge in [-0.3, -0.25) is 9.59 Å². The van der Waals surface area contributed by atoms with E-state index >= 15 is 0 Å². The lowest BCUT2D eigenvalue weighted by molar-refractivity contribution is -0.146. The van der Waals surface area contributed by atoms with Crippen LogP contribution in [0.5, 0.6) is 0 Å². The average Bonchev–Trinajstić information content (AvgIpc) is 2.98. The highest BCUT2D eigenvalue weighted by Gasteiger charge is 2.15. The first-order valence-electron chi connectivity index (χ1n) is 8.21. The van der Waals surface area contributed by atoms with Crippen molar-refractivity contribution in [3.05, 3.63) is 64.1 Å². The number of aryl methyl sites for hydroxylation is 2. The predicted molar refractivity (Wildman–Crippen MR) is 100 cm³/mol. The number of ether oxygens (including phenoxy) is 1. The summed E-state index contributed by atoms with van der Waals surface area (Å²) >= 11 is 5.76. The normalized spacial score (nSPS) is 10.8. The van der Waals surface area contributed by atoms with Crippen molar-refractivity contribution in [1.29, 1.82) is 0 Å². The van der Waals surface area contributed by atoms with E-state index in [1.54, 1.807) is 0 Å². The summed E-state index contributed by atoms with van der Waals surface area (Å²) in [5, 5.41) is 3.43. The molecule has 2 aromatic carbocycles. The lowest BCUT2D eigenvalue weighted by Gasteiger charge is -2.08. The molecule has 0 aliphatic carbocycles. The van der Waals surface area contributed by atoms with E-state index < -0.39 is 24.3 Å². The van der Waals surface area contributed by atoms with E-state index in [0.717, 1.165) is 22.6 Å². The van der Waals surface area contributed by atoms with E-state index in [2.05, 4.69) is 5.32 Å². The van der Waals surface area contributed by atoms with E-state index in [4.69, 9.17) is 20.8 Å². The van der Waals surface area contributed by atoms with Crippen LogP contribution in [0.25, 0.3) is 11.0 Å². The Hall–Kier alpha value is -2.86. The van der Waals surface area contributed by atoms with Gasteiger partial charge in [-0.25, -0.2) is 4.39 Å². The van der Waals surface area contributed by atoms with E-state index in [9.17, 15) is 14.0 Å². The minimum atomic E-state index is -0.659. The third-order valence-electron chi connectivity index (χ3n) is 4.17. The fourth-order valence-electron chi connectivity index (χ4n) is 2.61. The van der Waals surface area contributed by atoms with Crippen LogP contribution in [-0.2, 0) is 20.7 Å². The Balaban J connectivity index is 1.59. The van der Waals surface area contributed by atoms with E-state index in [0.29, 0.717) is 11.1 Å². The number of hydrogen-bond acceptors (Lipinski definition) is 4. The molecule has 0 aliphatic rings. The summed E-state index contributed by atoms with van der Waals surface area (Å²) in [4.78, 5) is 23.9. The van der Waals surface area contributed by atoms with Crippen molar-refractivity contribution < 1.29 is 23.1 Å². The highest BCUT2D eigenvalue weighted by atomic mass is 35.5. The number of furan rings is 1. The van der Waals surface area contributed by atoms with Gasteiger partial charge in [0.1, 0.15) is 11.4 Å². The molecule has 27 heavy (non-hydrogen) atoms. The van der Waals surface area contributed by atoms with E-state index in [1.165, 1.54) is 18.4 Å². The summed E-state index contributed by atoms with van der Waals surface area (Å²) in [6.45, 7) is 3.43. The minimum absolute atomic E-state index is 0.0334. The third-order valence-corrected chi connectivity index (χ3v) is 4.41. The number of rotatable bonds is 5. The van der Waals surface area contributed by atoms with Gasteiger partial charge in [0.2, 0.25) is 0 Å². The van der Waals surface area contributed by atoms with E-state index in [1.807, 2.05) is 26.0 Å².